The summed E-state index contributed by atoms with van der Waals surface area (Å²) >= 11 is 0. The number of hydrogen-bond acceptors (Lipinski definition) is 8. The van der Waals surface area contributed by atoms with Crippen molar-refractivity contribution in [1.29, 1.82) is 0 Å². The van der Waals surface area contributed by atoms with Crippen molar-refractivity contribution in [3.63, 3.8) is 0 Å². The SMILES string of the molecule is COc1ccc(C=CC2CN(N)CC(c3ncc([N+](=O)[O-])cn3)O2)cc1. The molecule has 0 bridgehead atoms. The van der Waals surface area contributed by atoms with Crippen LogP contribution < -0.4 is 10.6 Å². The van der Waals surface area contributed by atoms with Gasteiger partial charge in [-0.15, -0.1) is 0 Å². The lowest BCUT2D eigenvalue weighted by molar-refractivity contribution is -0.385. The Morgan fingerprint density at radius 1 is 1.31 bits per heavy atom. The summed E-state index contributed by atoms with van der Waals surface area (Å²) in [6.45, 7) is 0.931. The highest BCUT2D eigenvalue weighted by Crippen LogP contribution is 2.23. The molecule has 0 saturated carbocycles. The van der Waals surface area contributed by atoms with E-state index in [4.69, 9.17) is 15.3 Å². The van der Waals surface area contributed by atoms with E-state index in [0.29, 0.717) is 18.9 Å². The van der Waals surface area contributed by atoms with Crippen molar-refractivity contribution in [3.8, 4) is 5.75 Å². The van der Waals surface area contributed by atoms with Gasteiger partial charge in [0.2, 0.25) is 0 Å². The normalized spacial score (nSPS) is 21.0. The molecule has 2 heterocycles. The molecule has 1 aromatic carbocycles. The molecule has 26 heavy (non-hydrogen) atoms. The van der Waals surface area contributed by atoms with Crippen LogP contribution in [0.1, 0.15) is 17.5 Å². The molecular formula is C17H19N5O4. The number of nitrogens with zero attached hydrogens (tertiary/aromatic N) is 4. The van der Waals surface area contributed by atoms with Crippen molar-refractivity contribution in [2.24, 2.45) is 5.84 Å². The molecule has 0 spiro atoms. The Kier molecular flexibility index (Phi) is 5.52. The lowest BCUT2D eigenvalue weighted by Crippen LogP contribution is -2.47. The summed E-state index contributed by atoms with van der Waals surface area (Å²) in [6.07, 6.45) is 5.49. The molecule has 3 rings (SSSR count). The molecule has 0 amide bonds. The lowest BCUT2D eigenvalue weighted by atomic mass is 10.1. The zero-order chi connectivity index (χ0) is 18.5. The summed E-state index contributed by atoms with van der Waals surface area (Å²) < 4.78 is 11.1. The van der Waals surface area contributed by atoms with Gasteiger partial charge in [-0.1, -0.05) is 24.3 Å². The van der Waals surface area contributed by atoms with Crippen LogP contribution in [0.2, 0.25) is 0 Å². The maximum absolute atomic E-state index is 10.7. The third kappa shape index (κ3) is 4.39. The fourth-order valence-corrected chi connectivity index (χ4v) is 2.59. The van der Waals surface area contributed by atoms with Crippen molar-refractivity contribution < 1.29 is 14.4 Å². The third-order valence-electron chi connectivity index (χ3n) is 3.93. The Balaban J connectivity index is 1.68. The van der Waals surface area contributed by atoms with Crippen LogP contribution in [-0.2, 0) is 4.74 Å². The fourth-order valence-electron chi connectivity index (χ4n) is 2.59. The average Bonchev–Trinajstić information content (AvgIpc) is 2.66. The van der Waals surface area contributed by atoms with Gasteiger partial charge in [0.1, 0.15) is 24.2 Å². The highest BCUT2D eigenvalue weighted by Gasteiger charge is 2.28. The van der Waals surface area contributed by atoms with Crippen LogP contribution in [-0.4, -0.2) is 46.2 Å². The van der Waals surface area contributed by atoms with Gasteiger partial charge in [0.25, 0.3) is 0 Å². The second-order valence-electron chi connectivity index (χ2n) is 5.81. The smallest absolute Gasteiger partial charge is 0.305 e. The standard InChI is InChI=1S/C17H19N5O4/c1-25-14-5-2-12(3-6-14)4-7-15-10-21(18)11-16(26-15)17-19-8-13(9-20-17)22(23)24/h2-9,15-16H,10-11,18H2,1H3. The van der Waals surface area contributed by atoms with Crippen molar-refractivity contribution in [2.75, 3.05) is 20.2 Å². The maximum atomic E-state index is 10.7. The van der Waals surface area contributed by atoms with Crippen LogP contribution >= 0.6 is 0 Å². The van der Waals surface area contributed by atoms with Crippen molar-refractivity contribution in [2.45, 2.75) is 12.2 Å². The molecule has 2 aromatic rings. The molecule has 2 unspecified atom stereocenters. The lowest BCUT2D eigenvalue weighted by Gasteiger charge is -2.33. The number of nitro groups is 1. The quantitative estimate of drug-likeness (QED) is 0.488. The molecule has 0 radical (unpaired) electrons. The minimum absolute atomic E-state index is 0.162. The number of aromatic nitrogens is 2. The van der Waals surface area contributed by atoms with E-state index in [0.717, 1.165) is 11.3 Å². The van der Waals surface area contributed by atoms with Gasteiger partial charge >= 0.3 is 5.69 Å². The second-order valence-corrected chi connectivity index (χ2v) is 5.81. The Morgan fingerprint density at radius 3 is 2.62 bits per heavy atom. The van der Waals surface area contributed by atoms with Gasteiger partial charge in [0, 0.05) is 13.1 Å². The minimum Gasteiger partial charge on any atom is -0.497 e. The molecule has 1 aromatic heterocycles. The van der Waals surface area contributed by atoms with Gasteiger partial charge in [0.15, 0.2) is 5.82 Å². The monoisotopic (exact) mass is 357 g/mol. The van der Waals surface area contributed by atoms with Crippen molar-refractivity contribution in [3.05, 3.63) is 64.2 Å². The number of benzene rings is 1. The largest absolute Gasteiger partial charge is 0.497 e. The van der Waals surface area contributed by atoms with Gasteiger partial charge in [-0.3, -0.25) is 16.0 Å². The highest BCUT2D eigenvalue weighted by atomic mass is 16.6. The van der Waals surface area contributed by atoms with Crippen molar-refractivity contribution >= 4 is 11.8 Å². The van der Waals surface area contributed by atoms with E-state index in [9.17, 15) is 10.1 Å². The predicted octanol–water partition coefficient (Wildman–Crippen LogP) is 1.72. The molecule has 0 aliphatic carbocycles. The Labute approximate surface area is 150 Å². The first-order valence-electron chi connectivity index (χ1n) is 7.99. The molecule has 1 aliphatic rings. The van der Waals surface area contributed by atoms with Gasteiger partial charge in [-0.05, 0) is 17.7 Å². The zero-order valence-electron chi connectivity index (χ0n) is 14.2. The first-order chi connectivity index (χ1) is 12.5. The molecule has 9 nitrogen and oxygen atoms in total. The third-order valence-corrected chi connectivity index (χ3v) is 3.93. The number of morpholine rings is 1. The number of ether oxygens (including phenoxy) is 2. The zero-order valence-corrected chi connectivity index (χ0v) is 14.2. The van der Waals surface area contributed by atoms with Crippen LogP contribution in [0.25, 0.3) is 6.08 Å². The topological polar surface area (TPSA) is 117 Å². The highest BCUT2D eigenvalue weighted by molar-refractivity contribution is 5.51. The summed E-state index contributed by atoms with van der Waals surface area (Å²) in [4.78, 5) is 18.2. The molecule has 9 heteroatoms. The Morgan fingerprint density at radius 2 is 2.00 bits per heavy atom. The number of methoxy groups -OCH3 is 1. The number of hydrazine groups is 1. The minimum atomic E-state index is -0.541. The summed E-state index contributed by atoms with van der Waals surface area (Å²) in [5.41, 5.74) is 0.844. The van der Waals surface area contributed by atoms with Crippen LogP contribution in [0.15, 0.2) is 42.7 Å². The van der Waals surface area contributed by atoms with E-state index >= 15 is 0 Å². The van der Waals surface area contributed by atoms with E-state index in [1.165, 1.54) is 12.4 Å². The van der Waals surface area contributed by atoms with E-state index in [2.05, 4.69) is 9.97 Å². The molecule has 2 N–H and O–H groups in total. The molecular weight excluding hydrogens is 338 g/mol. The van der Waals surface area contributed by atoms with E-state index in [-0.39, 0.29) is 11.8 Å². The first-order valence-corrected chi connectivity index (χ1v) is 7.99. The fraction of sp³-hybridized carbons (Fsp3) is 0.294. The molecule has 1 aliphatic heterocycles. The number of nitrogens with two attached hydrogens (primary N) is 1. The van der Waals surface area contributed by atoms with Crippen LogP contribution in [0.5, 0.6) is 5.75 Å². The van der Waals surface area contributed by atoms with E-state index in [1.807, 2.05) is 36.4 Å². The second kappa shape index (κ2) is 8.00. The van der Waals surface area contributed by atoms with Gasteiger partial charge in [-0.2, -0.15) is 0 Å². The number of rotatable bonds is 5. The average molecular weight is 357 g/mol. The van der Waals surface area contributed by atoms with Gasteiger partial charge in [-0.25, -0.2) is 15.0 Å². The van der Waals surface area contributed by atoms with Gasteiger partial charge < -0.3 is 9.47 Å². The number of hydrogen-bond donors (Lipinski definition) is 1. The van der Waals surface area contributed by atoms with Crippen LogP contribution in [0.4, 0.5) is 5.69 Å². The molecule has 1 fully saturated rings. The molecule has 1 saturated heterocycles. The van der Waals surface area contributed by atoms with E-state index in [1.54, 1.807) is 12.1 Å². The van der Waals surface area contributed by atoms with Crippen molar-refractivity contribution in [1.82, 2.24) is 15.0 Å². The van der Waals surface area contributed by atoms with Crippen LogP contribution in [0, 0.1) is 10.1 Å². The molecule has 136 valence electrons. The van der Waals surface area contributed by atoms with E-state index < -0.39 is 11.0 Å². The van der Waals surface area contributed by atoms with Crippen LogP contribution in [0.3, 0.4) is 0 Å². The Hall–Kier alpha value is -2.88. The first kappa shape index (κ1) is 17.9. The summed E-state index contributed by atoms with van der Waals surface area (Å²) in [5, 5.41) is 12.3. The Bertz CT molecular complexity index is 779. The van der Waals surface area contributed by atoms with Gasteiger partial charge in [0.05, 0.1) is 18.1 Å². The summed E-state index contributed by atoms with van der Waals surface area (Å²) in [7, 11) is 1.62. The maximum Gasteiger partial charge on any atom is 0.305 e. The summed E-state index contributed by atoms with van der Waals surface area (Å²) in [5.74, 6) is 7.14. The predicted molar refractivity (Wildman–Crippen MR) is 94.1 cm³/mol. The molecule has 2 atom stereocenters. The summed E-state index contributed by atoms with van der Waals surface area (Å²) in [6, 6.07) is 7.64.